The van der Waals surface area contributed by atoms with Gasteiger partial charge < -0.3 is 15.2 Å². The summed E-state index contributed by atoms with van der Waals surface area (Å²) < 4.78 is 12.4. The van der Waals surface area contributed by atoms with Crippen LogP contribution in [0.25, 0.3) is 0 Å². The third-order valence-corrected chi connectivity index (χ3v) is 4.32. The van der Waals surface area contributed by atoms with E-state index in [0.717, 1.165) is 11.1 Å². The van der Waals surface area contributed by atoms with E-state index in [1.165, 1.54) is 0 Å². The Morgan fingerprint density at radius 1 is 1.41 bits per heavy atom. The maximum atomic E-state index is 12.5. The third-order valence-electron chi connectivity index (χ3n) is 4.32. The Morgan fingerprint density at radius 2 is 2.15 bits per heavy atom. The molecule has 0 saturated heterocycles. The lowest BCUT2D eigenvalue weighted by Crippen LogP contribution is -2.25. The highest BCUT2D eigenvalue weighted by Crippen LogP contribution is 2.39. The van der Waals surface area contributed by atoms with Crippen LogP contribution in [0.5, 0.6) is 0 Å². The van der Waals surface area contributed by atoms with Crippen molar-refractivity contribution in [3.05, 3.63) is 76.6 Å². The predicted molar refractivity (Wildman–Crippen MR) is 97.8 cm³/mol. The molecule has 7 heteroatoms. The van der Waals surface area contributed by atoms with E-state index in [9.17, 15) is 10.1 Å². The summed E-state index contributed by atoms with van der Waals surface area (Å²) in [5.74, 6) is -0.786. The molecule has 0 radical (unpaired) electrons. The molecule has 0 saturated carbocycles. The highest BCUT2D eigenvalue weighted by atomic mass is 16.5. The number of hydrogen-bond donors (Lipinski definition) is 1. The maximum absolute atomic E-state index is 12.5. The summed E-state index contributed by atoms with van der Waals surface area (Å²) in [4.78, 5) is 12.5. The van der Waals surface area contributed by atoms with Gasteiger partial charge in [-0.2, -0.15) is 10.4 Å². The molecule has 1 atom stereocenters. The fourth-order valence-corrected chi connectivity index (χ4v) is 3.08. The van der Waals surface area contributed by atoms with Gasteiger partial charge in [-0.05, 0) is 31.0 Å². The highest BCUT2D eigenvalue weighted by molar-refractivity contribution is 5.92. The molecule has 138 valence electrons. The second kappa shape index (κ2) is 7.79. The number of hydrogen-bond acceptors (Lipinski definition) is 6. The average molecular weight is 364 g/mol. The molecule has 2 aromatic rings. The molecule has 2 N–H and O–H groups in total. The van der Waals surface area contributed by atoms with Crippen LogP contribution in [0.3, 0.4) is 0 Å². The lowest BCUT2D eigenvalue weighted by Gasteiger charge is -2.27. The first-order chi connectivity index (χ1) is 13.0. The van der Waals surface area contributed by atoms with Crippen molar-refractivity contribution in [1.82, 2.24) is 9.78 Å². The zero-order chi connectivity index (χ0) is 19.4. The van der Waals surface area contributed by atoms with Crippen LogP contribution in [0.15, 0.2) is 65.5 Å². The molecule has 1 aliphatic rings. The molecule has 0 amide bonds. The Kier molecular flexibility index (Phi) is 5.27. The minimum Gasteiger partial charge on any atom is -0.463 e. The summed E-state index contributed by atoms with van der Waals surface area (Å²) >= 11 is 0. The lowest BCUT2D eigenvalue weighted by atomic mass is 9.83. The molecule has 3 rings (SSSR count). The van der Waals surface area contributed by atoms with Crippen molar-refractivity contribution in [3.8, 4) is 6.07 Å². The van der Waals surface area contributed by atoms with E-state index < -0.39 is 11.9 Å². The summed E-state index contributed by atoms with van der Waals surface area (Å²) in [6.07, 6.45) is 3.61. The largest absolute Gasteiger partial charge is 0.463 e. The van der Waals surface area contributed by atoms with Gasteiger partial charge in [-0.1, -0.05) is 24.3 Å². The molecule has 1 aromatic carbocycles. The van der Waals surface area contributed by atoms with Crippen molar-refractivity contribution in [2.45, 2.75) is 26.3 Å². The molecule has 27 heavy (non-hydrogen) atoms. The first kappa shape index (κ1) is 18.3. The van der Waals surface area contributed by atoms with Crippen molar-refractivity contribution in [2.24, 2.45) is 5.73 Å². The van der Waals surface area contributed by atoms with Crippen molar-refractivity contribution in [1.29, 1.82) is 5.26 Å². The topological polar surface area (TPSA) is 103 Å². The number of nitriles is 1. The van der Waals surface area contributed by atoms with Gasteiger partial charge in [0.15, 0.2) is 0 Å². The van der Waals surface area contributed by atoms with Gasteiger partial charge in [-0.15, -0.1) is 0 Å². The van der Waals surface area contributed by atoms with Crippen molar-refractivity contribution in [2.75, 3.05) is 6.61 Å². The second-order valence-electron chi connectivity index (χ2n) is 6.06. The van der Waals surface area contributed by atoms with E-state index in [-0.39, 0.29) is 18.1 Å². The maximum Gasteiger partial charge on any atom is 0.338 e. The van der Waals surface area contributed by atoms with Crippen LogP contribution in [0, 0.1) is 11.3 Å². The molecule has 0 aliphatic carbocycles. The van der Waals surface area contributed by atoms with Gasteiger partial charge in [0.05, 0.1) is 24.6 Å². The fraction of sp³-hybridized carbons (Fsp3) is 0.250. The van der Waals surface area contributed by atoms with E-state index >= 15 is 0 Å². The summed E-state index contributed by atoms with van der Waals surface area (Å²) in [5, 5.41) is 13.8. The molecule has 0 fully saturated rings. The van der Waals surface area contributed by atoms with E-state index in [1.54, 1.807) is 20.0 Å². The number of allylic oxidation sites excluding steroid dienone is 2. The number of carbonyl (C=O) groups excluding carboxylic acids is 1. The number of carbonyl (C=O) groups is 1. The van der Waals surface area contributed by atoms with Gasteiger partial charge in [-0.3, -0.25) is 4.68 Å². The Hall–Kier alpha value is -3.53. The molecular weight excluding hydrogens is 344 g/mol. The molecule has 1 aliphatic heterocycles. The summed E-state index contributed by atoms with van der Waals surface area (Å²) in [7, 11) is 0. The molecule has 2 heterocycles. The van der Waals surface area contributed by atoms with Gasteiger partial charge >= 0.3 is 5.97 Å². The van der Waals surface area contributed by atoms with E-state index in [4.69, 9.17) is 15.2 Å². The molecule has 7 nitrogen and oxygen atoms in total. The number of ether oxygens (including phenoxy) is 2. The number of nitrogens with two attached hydrogens (primary N) is 1. The third kappa shape index (κ3) is 3.70. The summed E-state index contributed by atoms with van der Waals surface area (Å²) in [6.45, 7) is 4.23. The van der Waals surface area contributed by atoms with E-state index in [2.05, 4.69) is 11.2 Å². The molecule has 0 bridgehead atoms. The van der Waals surface area contributed by atoms with Gasteiger partial charge in [-0.25, -0.2) is 4.79 Å². The Bertz CT molecular complexity index is 935. The fourth-order valence-electron chi connectivity index (χ4n) is 3.08. The van der Waals surface area contributed by atoms with Crippen LogP contribution in [-0.2, 0) is 20.8 Å². The SMILES string of the molecule is CCOC(=O)C1=C(C)OC(N)=C(C#N)C1c1ccc(Cn2cccn2)cc1. The van der Waals surface area contributed by atoms with Crippen molar-refractivity contribution in [3.63, 3.8) is 0 Å². The summed E-state index contributed by atoms with van der Waals surface area (Å²) in [5.41, 5.74) is 8.21. The van der Waals surface area contributed by atoms with Crippen LogP contribution in [0.2, 0.25) is 0 Å². The van der Waals surface area contributed by atoms with Crippen LogP contribution in [0.4, 0.5) is 0 Å². The molecule has 0 spiro atoms. The Labute approximate surface area is 157 Å². The number of rotatable bonds is 5. The van der Waals surface area contributed by atoms with Gasteiger partial charge in [0.25, 0.3) is 0 Å². The number of nitrogens with zero attached hydrogens (tertiary/aromatic N) is 3. The monoisotopic (exact) mass is 364 g/mol. The van der Waals surface area contributed by atoms with Crippen molar-refractivity contribution >= 4 is 5.97 Å². The van der Waals surface area contributed by atoms with Crippen LogP contribution < -0.4 is 5.73 Å². The molecule has 1 aromatic heterocycles. The standard InChI is InChI=1S/C20H20N4O3/c1-3-26-20(25)17-13(2)27-19(22)16(11-21)18(17)15-7-5-14(6-8-15)12-24-10-4-9-23-24/h4-10,18H,3,12,22H2,1-2H3. The number of esters is 1. The van der Waals surface area contributed by atoms with Crippen LogP contribution in [0.1, 0.15) is 30.9 Å². The minimum atomic E-state index is -0.624. The molecule has 1 unspecified atom stereocenters. The lowest BCUT2D eigenvalue weighted by molar-refractivity contribution is -0.139. The second-order valence-corrected chi connectivity index (χ2v) is 6.06. The zero-order valence-electron chi connectivity index (χ0n) is 15.2. The number of aromatic nitrogens is 2. The highest BCUT2D eigenvalue weighted by Gasteiger charge is 2.36. The number of benzene rings is 1. The van der Waals surface area contributed by atoms with Crippen LogP contribution in [-0.4, -0.2) is 22.4 Å². The first-order valence-corrected chi connectivity index (χ1v) is 8.56. The molecular formula is C20H20N4O3. The normalized spacial score (nSPS) is 16.7. The Balaban J connectivity index is 1.97. The first-order valence-electron chi connectivity index (χ1n) is 8.56. The predicted octanol–water partition coefficient (Wildman–Crippen LogP) is 2.58. The Morgan fingerprint density at radius 3 is 2.74 bits per heavy atom. The van der Waals surface area contributed by atoms with E-state index in [0.29, 0.717) is 17.9 Å². The zero-order valence-corrected chi connectivity index (χ0v) is 15.2. The van der Waals surface area contributed by atoms with Gasteiger partial charge in [0.1, 0.15) is 17.4 Å². The van der Waals surface area contributed by atoms with Gasteiger partial charge in [0.2, 0.25) is 5.88 Å². The average Bonchev–Trinajstić information content (AvgIpc) is 3.15. The van der Waals surface area contributed by atoms with Gasteiger partial charge in [0, 0.05) is 12.4 Å². The quantitative estimate of drug-likeness (QED) is 0.818. The minimum absolute atomic E-state index is 0.00802. The van der Waals surface area contributed by atoms with Crippen molar-refractivity contribution < 1.29 is 14.3 Å². The van der Waals surface area contributed by atoms with E-state index in [1.807, 2.05) is 41.2 Å². The summed E-state index contributed by atoms with van der Waals surface area (Å²) in [6, 6.07) is 11.6. The smallest absolute Gasteiger partial charge is 0.338 e. The van der Waals surface area contributed by atoms with Crippen LogP contribution >= 0.6 is 0 Å².